The fraction of sp³-hybridized carbons (Fsp3) is 0.400. The summed E-state index contributed by atoms with van der Waals surface area (Å²) in [5.41, 5.74) is 4.43. The van der Waals surface area contributed by atoms with Crippen LogP contribution in [0.5, 0.6) is 5.75 Å². The van der Waals surface area contributed by atoms with Crippen molar-refractivity contribution in [2.24, 2.45) is 0 Å². The van der Waals surface area contributed by atoms with Crippen molar-refractivity contribution in [3.63, 3.8) is 0 Å². The molecular weight excluding hydrogens is 376 g/mol. The third kappa shape index (κ3) is 4.08. The van der Waals surface area contributed by atoms with E-state index in [2.05, 4.69) is 29.2 Å². The summed E-state index contributed by atoms with van der Waals surface area (Å²) in [7, 11) is 1.68. The van der Waals surface area contributed by atoms with Crippen LogP contribution in [0.4, 0.5) is 0 Å². The molecule has 1 aliphatic heterocycles. The third-order valence-corrected chi connectivity index (χ3v) is 5.76. The van der Waals surface area contributed by atoms with Crippen LogP contribution in [0.2, 0.25) is 0 Å². The zero-order valence-electron chi connectivity index (χ0n) is 18.0. The minimum Gasteiger partial charge on any atom is -0.497 e. The molecule has 1 fully saturated rings. The molecule has 1 aromatic heterocycles. The highest BCUT2D eigenvalue weighted by Gasteiger charge is 2.35. The number of carbonyl (C=O) groups excluding carboxylic acids is 1. The predicted octanol–water partition coefficient (Wildman–Crippen LogP) is 5.32. The minimum absolute atomic E-state index is 0.0638. The van der Waals surface area contributed by atoms with Gasteiger partial charge in [0.25, 0.3) is 0 Å². The highest BCUT2D eigenvalue weighted by atomic mass is 16.5. The number of fused-ring (bicyclic) bond motifs is 1. The van der Waals surface area contributed by atoms with Crippen LogP contribution in [0.3, 0.4) is 0 Å². The van der Waals surface area contributed by atoms with E-state index in [4.69, 9.17) is 9.47 Å². The van der Waals surface area contributed by atoms with Crippen LogP contribution in [0.25, 0.3) is 22.2 Å². The highest BCUT2D eigenvalue weighted by molar-refractivity contribution is 5.93. The monoisotopic (exact) mass is 406 g/mol. The molecule has 30 heavy (non-hydrogen) atoms. The second kappa shape index (κ2) is 8.92. The Bertz CT molecular complexity index is 1020. The van der Waals surface area contributed by atoms with Crippen molar-refractivity contribution in [3.05, 3.63) is 54.1 Å². The number of H-pyrrole nitrogens is 1. The molecule has 1 N–H and O–H groups in total. The number of hydrogen-bond acceptors (Lipinski definition) is 3. The Morgan fingerprint density at radius 1 is 1.17 bits per heavy atom. The molecule has 5 heteroatoms. The van der Waals surface area contributed by atoms with Gasteiger partial charge < -0.3 is 19.4 Å². The molecule has 0 aliphatic carbocycles. The molecule has 0 saturated carbocycles. The fourth-order valence-electron chi connectivity index (χ4n) is 4.38. The first-order chi connectivity index (χ1) is 14.6. The van der Waals surface area contributed by atoms with Gasteiger partial charge in [-0.25, -0.2) is 0 Å². The van der Waals surface area contributed by atoms with E-state index in [0.717, 1.165) is 35.4 Å². The van der Waals surface area contributed by atoms with E-state index in [9.17, 15) is 4.79 Å². The number of benzene rings is 2. The molecule has 0 unspecified atom stereocenters. The molecule has 3 aromatic rings. The van der Waals surface area contributed by atoms with Crippen molar-refractivity contribution in [1.82, 2.24) is 9.88 Å². The van der Waals surface area contributed by atoms with Crippen molar-refractivity contribution in [1.29, 1.82) is 0 Å². The van der Waals surface area contributed by atoms with Crippen LogP contribution < -0.4 is 4.74 Å². The van der Waals surface area contributed by atoms with Gasteiger partial charge in [0.05, 0.1) is 24.9 Å². The number of amides is 1. The molecular formula is C25H30N2O3. The lowest BCUT2D eigenvalue weighted by Gasteiger charge is -2.26. The number of aromatic nitrogens is 1. The van der Waals surface area contributed by atoms with Gasteiger partial charge in [-0.15, -0.1) is 0 Å². The van der Waals surface area contributed by atoms with Gasteiger partial charge in [0.1, 0.15) is 5.75 Å². The number of rotatable bonds is 8. The van der Waals surface area contributed by atoms with Gasteiger partial charge in [0.15, 0.2) is 0 Å². The molecule has 0 bridgehead atoms. The van der Waals surface area contributed by atoms with Gasteiger partial charge in [-0.1, -0.05) is 30.3 Å². The van der Waals surface area contributed by atoms with Crippen LogP contribution in [0.15, 0.2) is 48.5 Å². The van der Waals surface area contributed by atoms with Crippen molar-refractivity contribution in [2.75, 3.05) is 20.3 Å². The summed E-state index contributed by atoms with van der Waals surface area (Å²) in [6.07, 6.45) is 2.48. The Kier molecular flexibility index (Phi) is 6.09. The predicted molar refractivity (Wildman–Crippen MR) is 120 cm³/mol. The molecule has 2 aromatic carbocycles. The normalized spacial score (nSPS) is 16.7. The van der Waals surface area contributed by atoms with Crippen molar-refractivity contribution >= 4 is 16.8 Å². The molecule has 2 heterocycles. The van der Waals surface area contributed by atoms with Crippen molar-refractivity contribution in [2.45, 2.75) is 45.3 Å². The zero-order valence-corrected chi connectivity index (χ0v) is 18.0. The average molecular weight is 407 g/mol. The maximum absolute atomic E-state index is 12.7. The molecule has 1 amide bonds. The first-order valence-corrected chi connectivity index (χ1v) is 10.7. The highest BCUT2D eigenvalue weighted by Crippen LogP contribution is 2.42. The van der Waals surface area contributed by atoms with E-state index in [1.807, 2.05) is 43.0 Å². The van der Waals surface area contributed by atoms with E-state index in [-0.39, 0.29) is 18.1 Å². The smallest absolute Gasteiger partial charge is 0.223 e. The zero-order chi connectivity index (χ0) is 21.1. The van der Waals surface area contributed by atoms with E-state index in [1.54, 1.807) is 7.11 Å². The molecule has 5 nitrogen and oxygen atoms in total. The fourth-order valence-corrected chi connectivity index (χ4v) is 4.38. The Hall–Kier alpha value is -2.79. The van der Waals surface area contributed by atoms with Crippen LogP contribution in [-0.4, -0.2) is 42.2 Å². The lowest BCUT2D eigenvalue weighted by Crippen LogP contribution is -2.29. The van der Waals surface area contributed by atoms with Crippen molar-refractivity contribution < 1.29 is 14.3 Å². The van der Waals surface area contributed by atoms with Gasteiger partial charge >= 0.3 is 0 Å². The van der Waals surface area contributed by atoms with Crippen LogP contribution in [-0.2, 0) is 9.53 Å². The molecule has 158 valence electrons. The summed E-state index contributed by atoms with van der Waals surface area (Å²) in [5.74, 6) is 1.05. The number of ether oxygens (including phenoxy) is 2. The standard InChI is InChI=1S/C25H30N2O3/c1-17(2)30-15-7-14-27-22(12-13-23(27)28)24-20-10-4-5-11-21(20)26-25(24)18-8-6-9-19(16-18)29-3/h4-6,8-11,16-17,22,26H,7,12-15H2,1-3H3/t22-/m1/s1. The Morgan fingerprint density at radius 3 is 2.80 bits per heavy atom. The van der Waals surface area contributed by atoms with Gasteiger partial charge in [-0.3, -0.25) is 4.79 Å². The molecule has 0 radical (unpaired) electrons. The SMILES string of the molecule is COc1cccc(-c2[nH]c3ccccc3c2[C@H]2CCC(=O)N2CCCOC(C)C)c1. The number of nitrogens with one attached hydrogen (secondary N) is 1. The maximum Gasteiger partial charge on any atom is 0.223 e. The third-order valence-electron chi connectivity index (χ3n) is 5.76. The maximum atomic E-state index is 12.7. The molecule has 1 saturated heterocycles. The number of likely N-dealkylation sites (tertiary alicyclic amines) is 1. The Balaban J connectivity index is 1.72. The molecule has 1 atom stereocenters. The average Bonchev–Trinajstić information content (AvgIpc) is 3.31. The number of nitrogens with zero attached hydrogens (tertiary/aromatic N) is 1. The lowest BCUT2D eigenvalue weighted by atomic mass is 9.97. The minimum atomic E-state index is 0.0638. The van der Waals surface area contributed by atoms with E-state index >= 15 is 0 Å². The van der Waals surface area contributed by atoms with Crippen molar-refractivity contribution in [3.8, 4) is 17.0 Å². The molecule has 0 spiro atoms. The first kappa shape index (κ1) is 20.5. The summed E-state index contributed by atoms with van der Waals surface area (Å²) < 4.78 is 11.1. The summed E-state index contributed by atoms with van der Waals surface area (Å²) in [6, 6.07) is 16.5. The summed E-state index contributed by atoms with van der Waals surface area (Å²) in [6.45, 7) is 5.46. The van der Waals surface area contributed by atoms with Gasteiger partial charge in [0.2, 0.25) is 5.91 Å². The van der Waals surface area contributed by atoms with E-state index in [0.29, 0.717) is 19.6 Å². The van der Waals surface area contributed by atoms with Gasteiger partial charge in [0, 0.05) is 41.6 Å². The summed E-state index contributed by atoms with van der Waals surface area (Å²) in [5, 5.41) is 1.18. The summed E-state index contributed by atoms with van der Waals surface area (Å²) >= 11 is 0. The Labute approximate surface area is 178 Å². The number of methoxy groups -OCH3 is 1. The quantitative estimate of drug-likeness (QED) is 0.515. The van der Waals surface area contributed by atoms with Crippen LogP contribution >= 0.6 is 0 Å². The van der Waals surface area contributed by atoms with Gasteiger partial charge in [-0.05, 0) is 44.9 Å². The van der Waals surface area contributed by atoms with Gasteiger partial charge in [-0.2, -0.15) is 0 Å². The number of aromatic amines is 1. The number of carbonyl (C=O) groups is 1. The second-order valence-corrected chi connectivity index (χ2v) is 8.11. The summed E-state index contributed by atoms with van der Waals surface area (Å²) in [4.78, 5) is 18.4. The van der Waals surface area contributed by atoms with Crippen LogP contribution in [0, 0.1) is 0 Å². The van der Waals surface area contributed by atoms with Crippen LogP contribution in [0.1, 0.15) is 44.7 Å². The topological polar surface area (TPSA) is 54.6 Å². The first-order valence-electron chi connectivity index (χ1n) is 10.7. The number of hydrogen-bond donors (Lipinski definition) is 1. The molecule has 1 aliphatic rings. The largest absolute Gasteiger partial charge is 0.497 e. The Morgan fingerprint density at radius 2 is 2.00 bits per heavy atom. The van der Waals surface area contributed by atoms with E-state index in [1.165, 1.54) is 10.9 Å². The molecule has 4 rings (SSSR count). The number of para-hydroxylation sites is 1. The lowest BCUT2D eigenvalue weighted by molar-refractivity contribution is -0.129. The van der Waals surface area contributed by atoms with E-state index < -0.39 is 0 Å². The second-order valence-electron chi connectivity index (χ2n) is 8.11.